The molecule has 2 atom stereocenters. The van der Waals surface area contributed by atoms with Gasteiger partial charge in [0.2, 0.25) is 0 Å². The van der Waals surface area contributed by atoms with Gasteiger partial charge >= 0.3 is 0 Å². The summed E-state index contributed by atoms with van der Waals surface area (Å²) in [5.41, 5.74) is 1.71. The molecule has 0 amide bonds. The first-order valence-electron chi connectivity index (χ1n) is 4.59. The summed E-state index contributed by atoms with van der Waals surface area (Å²) >= 11 is 0. The summed E-state index contributed by atoms with van der Waals surface area (Å²) in [7, 11) is 0. The Morgan fingerprint density at radius 3 is 2.85 bits per heavy atom. The van der Waals surface area contributed by atoms with Gasteiger partial charge in [0.05, 0.1) is 0 Å². The second-order valence-corrected chi connectivity index (χ2v) is 3.79. The van der Waals surface area contributed by atoms with Gasteiger partial charge in [0, 0.05) is 6.61 Å². The molecule has 70 valence electrons. The largest absolute Gasteiger partial charge is 0.396 e. The third-order valence-corrected chi connectivity index (χ3v) is 2.78. The Morgan fingerprint density at radius 1 is 1.54 bits per heavy atom. The number of halogens is 1. The summed E-state index contributed by atoms with van der Waals surface area (Å²) in [6.45, 7) is 1.98. The molecule has 13 heavy (non-hydrogen) atoms. The summed E-state index contributed by atoms with van der Waals surface area (Å²) in [5.74, 6) is 0.614. The molecule has 1 aromatic rings. The van der Waals surface area contributed by atoms with E-state index in [0.29, 0.717) is 17.4 Å². The van der Waals surface area contributed by atoms with Crippen LogP contribution in [-0.2, 0) is 0 Å². The van der Waals surface area contributed by atoms with Gasteiger partial charge in [0.1, 0.15) is 5.82 Å². The summed E-state index contributed by atoms with van der Waals surface area (Å²) < 4.78 is 13.1. The molecule has 0 heterocycles. The fourth-order valence-electron chi connectivity index (χ4n) is 1.70. The molecule has 2 rings (SSSR count). The van der Waals surface area contributed by atoms with Crippen molar-refractivity contribution in [1.29, 1.82) is 0 Å². The average Bonchev–Trinajstić information content (AvgIpc) is 2.88. The minimum absolute atomic E-state index is 0.138. The number of hydrogen-bond donors (Lipinski definition) is 1. The first kappa shape index (κ1) is 8.70. The van der Waals surface area contributed by atoms with Crippen LogP contribution in [-0.4, -0.2) is 11.7 Å². The Balaban J connectivity index is 2.19. The fraction of sp³-hybridized carbons (Fsp3) is 0.455. The van der Waals surface area contributed by atoms with Crippen molar-refractivity contribution < 1.29 is 9.50 Å². The zero-order chi connectivity index (χ0) is 9.42. The Labute approximate surface area is 77.2 Å². The maximum absolute atomic E-state index is 13.1. The predicted molar refractivity (Wildman–Crippen MR) is 49.1 cm³/mol. The van der Waals surface area contributed by atoms with Crippen LogP contribution in [0.15, 0.2) is 18.2 Å². The second-order valence-electron chi connectivity index (χ2n) is 3.79. The summed E-state index contributed by atoms with van der Waals surface area (Å²) in [6.07, 6.45) is 0.999. The standard InChI is InChI=1S/C11H13FO/c1-7-2-3-8(5-11(7)12)10-4-9(10)6-13/h2-3,5,9-10,13H,4,6H2,1H3/t9-,10+/m1/s1. The number of aryl methyl sites for hydroxylation is 1. The molecule has 0 spiro atoms. The molecule has 1 fully saturated rings. The molecule has 0 radical (unpaired) electrons. The highest BCUT2D eigenvalue weighted by molar-refractivity contribution is 5.30. The zero-order valence-corrected chi connectivity index (χ0v) is 7.63. The zero-order valence-electron chi connectivity index (χ0n) is 7.63. The molecule has 0 saturated heterocycles. The van der Waals surface area contributed by atoms with Gasteiger partial charge < -0.3 is 5.11 Å². The van der Waals surface area contributed by atoms with Gasteiger partial charge in [-0.2, -0.15) is 0 Å². The summed E-state index contributed by atoms with van der Waals surface area (Å²) in [5, 5.41) is 8.87. The highest BCUT2D eigenvalue weighted by Crippen LogP contribution is 2.47. The molecule has 1 nitrogen and oxygen atoms in total. The van der Waals surface area contributed by atoms with E-state index in [4.69, 9.17) is 5.11 Å². The lowest BCUT2D eigenvalue weighted by molar-refractivity contribution is 0.274. The average molecular weight is 180 g/mol. The minimum atomic E-state index is -0.138. The topological polar surface area (TPSA) is 20.2 Å². The lowest BCUT2D eigenvalue weighted by Crippen LogP contribution is -1.90. The molecule has 0 unspecified atom stereocenters. The van der Waals surface area contributed by atoms with Crippen LogP contribution in [0.3, 0.4) is 0 Å². The second kappa shape index (κ2) is 3.11. The normalized spacial score (nSPS) is 26.1. The lowest BCUT2D eigenvalue weighted by atomic mass is 10.1. The van der Waals surface area contributed by atoms with Crippen molar-refractivity contribution in [3.05, 3.63) is 35.1 Å². The smallest absolute Gasteiger partial charge is 0.126 e. The van der Waals surface area contributed by atoms with Crippen LogP contribution >= 0.6 is 0 Å². The van der Waals surface area contributed by atoms with Crippen molar-refractivity contribution in [1.82, 2.24) is 0 Å². The molecule has 0 aromatic heterocycles. The van der Waals surface area contributed by atoms with E-state index in [-0.39, 0.29) is 12.4 Å². The molecule has 1 N–H and O–H groups in total. The van der Waals surface area contributed by atoms with Crippen molar-refractivity contribution >= 4 is 0 Å². The maximum atomic E-state index is 13.1. The highest BCUT2D eigenvalue weighted by atomic mass is 19.1. The molecule has 1 aliphatic carbocycles. The van der Waals surface area contributed by atoms with Gasteiger partial charge in [0.25, 0.3) is 0 Å². The molecular weight excluding hydrogens is 167 g/mol. The van der Waals surface area contributed by atoms with Crippen molar-refractivity contribution in [2.24, 2.45) is 5.92 Å². The molecule has 2 heteroatoms. The van der Waals surface area contributed by atoms with Crippen LogP contribution in [0, 0.1) is 18.7 Å². The van der Waals surface area contributed by atoms with Crippen molar-refractivity contribution in [2.45, 2.75) is 19.3 Å². The number of aliphatic hydroxyl groups excluding tert-OH is 1. The Kier molecular flexibility index (Phi) is 2.08. The summed E-state index contributed by atoms with van der Waals surface area (Å²) in [4.78, 5) is 0. The maximum Gasteiger partial charge on any atom is 0.126 e. The van der Waals surface area contributed by atoms with Gasteiger partial charge in [-0.1, -0.05) is 12.1 Å². The highest BCUT2D eigenvalue weighted by Gasteiger charge is 2.37. The van der Waals surface area contributed by atoms with E-state index in [1.54, 1.807) is 19.1 Å². The van der Waals surface area contributed by atoms with Gasteiger partial charge in [-0.25, -0.2) is 4.39 Å². The monoisotopic (exact) mass is 180 g/mol. The van der Waals surface area contributed by atoms with E-state index in [9.17, 15) is 4.39 Å². The van der Waals surface area contributed by atoms with Gasteiger partial charge in [-0.3, -0.25) is 0 Å². The van der Waals surface area contributed by atoms with Crippen molar-refractivity contribution in [2.75, 3.05) is 6.61 Å². The Morgan fingerprint density at radius 2 is 2.31 bits per heavy atom. The number of aliphatic hydroxyl groups is 1. The number of rotatable bonds is 2. The molecule has 1 aromatic carbocycles. The van der Waals surface area contributed by atoms with E-state index in [2.05, 4.69) is 0 Å². The SMILES string of the molecule is Cc1ccc([C@@H]2C[C@@H]2CO)cc1F. The van der Waals surface area contributed by atoms with E-state index in [0.717, 1.165) is 12.0 Å². The van der Waals surface area contributed by atoms with Crippen LogP contribution in [0.4, 0.5) is 4.39 Å². The Bertz CT molecular complexity index is 322. The third-order valence-electron chi connectivity index (χ3n) is 2.78. The van der Waals surface area contributed by atoms with Crippen LogP contribution in [0.1, 0.15) is 23.5 Å². The Hall–Kier alpha value is -0.890. The van der Waals surface area contributed by atoms with Crippen molar-refractivity contribution in [3.8, 4) is 0 Å². The lowest BCUT2D eigenvalue weighted by Gasteiger charge is -2.01. The number of benzene rings is 1. The molecule has 1 saturated carbocycles. The fourth-order valence-corrected chi connectivity index (χ4v) is 1.70. The van der Waals surface area contributed by atoms with Gasteiger partial charge in [-0.15, -0.1) is 0 Å². The molecule has 1 aliphatic rings. The van der Waals surface area contributed by atoms with E-state index in [1.807, 2.05) is 6.07 Å². The van der Waals surface area contributed by atoms with Gasteiger partial charge in [-0.05, 0) is 42.4 Å². The minimum Gasteiger partial charge on any atom is -0.396 e. The van der Waals surface area contributed by atoms with Crippen LogP contribution < -0.4 is 0 Å². The van der Waals surface area contributed by atoms with Crippen LogP contribution in [0.25, 0.3) is 0 Å². The quantitative estimate of drug-likeness (QED) is 0.740. The van der Waals surface area contributed by atoms with Crippen LogP contribution in [0.2, 0.25) is 0 Å². The van der Waals surface area contributed by atoms with Crippen LogP contribution in [0.5, 0.6) is 0 Å². The third kappa shape index (κ3) is 1.59. The molecular formula is C11H13FO. The number of hydrogen-bond acceptors (Lipinski definition) is 1. The first-order chi connectivity index (χ1) is 6.22. The van der Waals surface area contributed by atoms with E-state index in [1.165, 1.54) is 0 Å². The first-order valence-corrected chi connectivity index (χ1v) is 4.59. The predicted octanol–water partition coefficient (Wildman–Crippen LogP) is 2.23. The molecule has 0 aliphatic heterocycles. The van der Waals surface area contributed by atoms with E-state index < -0.39 is 0 Å². The van der Waals surface area contributed by atoms with E-state index >= 15 is 0 Å². The van der Waals surface area contributed by atoms with Crippen molar-refractivity contribution in [3.63, 3.8) is 0 Å². The van der Waals surface area contributed by atoms with Gasteiger partial charge in [0.15, 0.2) is 0 Å². The molecule has 0 bridgehead atoms. The summed E-state index contributed by atoms with van der Waals surface area (Å²) in [6, 6.07) is 5.35.